The maximum absolute atomic E-state index is 11.3. The summed E-state index contributed by atoms with van der Waals surface area (Å²) in [5, 5.41) is 10.9. The number of aromatic nitrogens is 1. The van der Waals surface area contributed by atoms with E-state index < -0.39 is 5.97 Å². The zero-order valence-corrected chi connectivity index (χ0v) is 10.8. The van der Waals surface area contributed by atoms with Crippen LogP contribution in [0.15, 0.2) is 30.5 Å². The van der Waals surface area contributed by atoms with Gasteiger partial charge in [0.2, 0.25) is 0 Å². The summed E-state index contributed by atoms with van der Waals surface area (Å²) in [6.45, 7) is 3.01. The summed E-state index contributed by atoms with van der Waals surface area (Å²) in [6.07, 6.45) is 3.88. The maximum Gasteiger partial charge on any atom is 0.337 e. The molecular weight excluding hydrogens is 240 g/mol. The van der Waals surface area contributed by atoms with Crippen LogP contribution in [0.2, 0.25) is 0 Å². The molecule has 3 rings (SSSR count). The molecular formula is C15H16N2O2. The van der Waals surface area contributed by atoms with Gasteiger partial charge in [-0.25, -0.2) is 9.78 Å². The molecule has 4 nitrogen and oxygen atoms in total. The molecule has 1 aromatic heterocycles. The molecule has 1 heterocycles. The van der Waals surface area contributed by atoms with Crippen LogP contribution in [0.25, 0.3) is 10.8 Å². The molecule has 0 atom stereocenters. The number of nitrogens with zero attached hydrogens (tertiary/aromatic N) is 2. The number of benzene rings is 1. The molecule has 1 aliphatic rings. The van der Waals surface area contributed by atoms with Crippen molar-refractivity contribution in [3.63, 3.8) is 0 Å². The van der Waals surface area contributed by atoms with Crippen molar-refractivity contribution in [2.45, 2.75) is 25.8 Å². The van der Waals surface area contributed by atoms with Gasteiger partial charge in [-0.05, 0) is 19.8 Å². The molecule has 0 saturated heterocycles. The van der Waals surface area contributed by atoms with Crippen molar-refractivity contribution in [1.82, 2.24) is 4.98 Å². The van der Waals surface area contributed by atoms with Gasteiger partial charge in [0, 0.05) is 29.6 Å². The Morgan fingerprint density at radius 2 is 2.05 bits per heavy atom. The van der Waals surface area contributed by atoms with E-state index in [4.69, 9.17) is 0 Å². The maximum atomic E-state index is 11.3. The van der Waals surface area contributed by atoms with Crippen molar-refractivity contribution in [2.24, 2.45) is 0 Å². The molecule has 0 radical (unpaired) electrons. The van der Waals surface area contributed by atoms with Crippen LogP contribution >= 0.6 is 0 Å². The quantitative estimate of drug-likeness (QED) is 0.913. The Morgan fingerprint density at radius 1 is 1.37 bits per heavy atom. The van der Waals surface area contributed by atoms with Gasteiger partial charge < -0.3 is 10.0 Å². The number of fused-ring (bicyclic) bond motifs is 1. The van der Waals surface area contributed by atoms with E-state index in [-0.39, 0.29) is 5.56 Å². The highest BCUT2D eigenvalue weighted by molar-refractivity contribution is 6.06. The third-order valence-corrected chi connectivity index (χ3v) is 3.60. The van der Waals surface area contributed by atoms with Crippen molar-refractivity contribution in [2.75, 3.05) is 11.4 Å². The zero-order chi connectivity index (χ0) is 13.4. The number of anilines is 1. The first-order chi connectivity index (χ1) is 9.22. The number of hydrogen-bond donors (Lipinski definition) is 1. The average molecular weight is 256 g/mol. The summed E-state index contributed by atoms with van der Waals surface area (Å²) in [4.78, 5) is 17.9. The largest absolute Gasteiger partial charge is 0.478 e. The lowest BCUT2D eigenvalue weighted by molar-refractivity contribution is 0.0698. The number of carboxylic acid groups (broad SMARTS) is 1. The Labute approximate surface area is 111 Å². The first-order valence-electron chi connectivity index (χ1n) is 6.60. The van der Waals surface area contributed by atoms with Gasteiger partial charge in [0.15, 0.2) is 0 Å². The van der Waals surface area contributed by atoms with Crippen molar-refractivity contribution < 1.29 is 9.90 Å². The van der Waals surface area contributed by atoms with E-state index in [2.05, 4.69) is 16.8 Å². The minimum absolute atomic E-state index is 0.270. The summed E-state index contributed by atoms with van der Waals surface area (Å²) < 4.78 is 0. The topological polar surface area (TPSA) is 53.4 Å². The smallest absolute Gasteiger partial charge is 0.337 e. The fourth-order valence-electron chi connectivity index (χ4n) is 2.54. The molecule has 1 N–H and O–H groups in total. The van der Waals surface area contributed by atoms with Crippen LogP contribution in [-0.2, 0) is 0 Å². The Kier molecular flexibility index (Phi) is 2.85. The van der Waals surface area contributed by atoms with Crippen molar-refractivity contribution in [3.8, 4) is 0 Å². The second-order valence-corrected chi connectivity index (χ2v) is 4.86. The third kappa shape index (κ3) is 2.03. The van der Waals surface area contributed by atoms with E-state index in [1.54, 1.807) is 0 Å². The van der Waals surface area contributed by atoms with Crippen molar-refractivity contribution >= 4 is 22.6 Å². The minimum atomic E-state index is -0.926. The van der Waals surface area contributed by atoms with Gasteiger partial charge in [-0.15, -0.1) is 0 Å². The van der Waals surface area contributed by atoms with Crippen LogP contribution < -0.4 is 4.90 Å². The lowest BCUT2D eigenvalue weighted by atomic mass is 10.1. The molecule has 4 heteroatoms. The number of carboxylic acids is 1. The summed E-state index contributed by atoms with van der Waals surface area (Å²) in [6, 6.07) is 8.17. The highest BCUT2D eigenvalue weighted by Crippen LogP contribution is 2.34. The average Bonchev–Trinajstić information content (AvgIpc) is 3.24. The number of rotatable bonds is 4. The first kappa shape index (κ1) is 12.0. The van der Waals surface area contributed by atoms with Crippen LogP contribution in [0, 0.1) is 0 Å². The van der Waals surface area contributed by atoms with Crippen LogP contribution in [0.1, 0.15) is 30.1 Å². The fourth-order valence-corrected chi connectivity index (χ4v) is 2.54. The Hall–Kier alpha value is -2.10. The lowest BCUT2D eigenvalue weighted by Gasteiger charge is -2.23. The SMILES string of the molecule is CCN(c1ncc(C(=O)O)c2ccccc12)C1CC1. The molecule has 1 aliphatic carbocycles. The first-order valence-corrected chi connectivity index (χ1v) is 6.60. The number of hydrogen-bond acceptors (Lipinski definition) is 3. The summed E-state index contributed by atoms with van der Waals surface area (Å²) in [5.74, 6) is -0.0182. The molecule has 1 aromatic carbocycles. The molecule has 0 amide bonds. The van der Waals surface area contributed by atoms with Crippen LogP contribution in [0.3, 0.4) is 0 Å². The van der Waals surface area contributed by atoms with Gasteiger partial charge in [-0.1, -0.05) is 24.3 Å². The van der Waals surface area contributed by atoms with Crippen molar-refractivity contribution in [1.29, 1.82) is 0 Å². The van der Waals surface area contributed by atoms with Gasteiger partial charge >= 0.3 is 5.97 Å². The molecule has 0 bridgehead atoms. The van der Waals surface area contributed by atoms with Gasteiger partial charge in [-0.2, -0.15) is 0 Å². The fraction of sp³-hybridized carbons (Fsp3) is 0.333. The van der Waals surface area contributed by atoms with Gasteiger partial charge in [-0.3, -0.25) is 0 Å². The number of aromatic carboxylic acids is 1. The molecule has 0 spiro atoms. The minimum Gasteiger partial charge on any atom is -0.478 e. The second kappa shape index (κ2) is 4.53. The molecule has 1 fully saturated rings. The predicted molar refractivity (Wildman–Crippen MR) is 74.7 cm³/mol. The molecule has 19 heavy (non-hydrogen) atoms. The Morgan fingerprint density at radius 3 is 2.63 bits per heavy atom. The highest BCUT2D eigenvalue weighted by Gasteiger charge is 2.30. The van der Waals surface area contributed by atoms with E-state index >= 15 is 0 Å². The van der Waals surface area contributed by atoms with E-state index in [9.17, 15) is 9.90 Å². The molecule has 0 aliphatic heterocycles. The summed E-state index contributed by atoms with van der Waals surface area (Å²) in [7, 11) is 0. The van der Waals surface area contributed by atoms with E-state index in [0.29, 0.717) is 6.04 Å². The predicted octanol–water partition coefficient (Wildman–Crippen LogP) is 2.92. The van der Waals surface area contributed by atoms with Crippen LogP contribution in [0.5, 0.6) is 0 Å². The lowest BCUT2D eigenvalue weighted by Crippen LogP contribution is -2.26. The van der Waals surface area contributed by atoms with Crippen LogP contribution in [0.4, 0.5) is 5.82 Å². The molecule has 2 aromatic rings. The van der Waals surface area contributed by atoms with Gasteiger partial charge in [0.25, 0.3) is 0 Å². The standard InChI is InChI=1S/C15H16N2O2/c1-2-17(10-7-8-10)14-12-6-4-3-5-11(12)13(9-16-14)15(18)19/h3-6,9-10H,2,7-8H2,1H3,(H,18,19). The molecule has 1 saturated carbocycles. The van der Waals surface area contributed by atoms with E-state index in [1.165, 1.54) is 19.0 Å². The van der Waals surface area contributed by atoms with Crippen LogP contribution in [-0.4, -0.2) is 28.6 Å². The molecule has 98 valence electrons. The monoisotopic (exact) mass is 256 g/mol. The number of pyridine rings is 1. The van der Waals surface area contributed by atoms with E-state index in [0.717, 1.165) is 23.1 Å². The zero-order valence-electron chi connectivity index (χ0n) is 10.8. The summed E-state index contributed by atoms with van der Waals surface area (Å²) in [5.41, 5.74) is 0.270. The van der Waals surface area contributed by atoms with Crippen molar-refractivity contribution in [3.05, 3.63) is 36.0 Å². The Bertz CT molecular complexity index is 635. The van der Waals surface area contributed by atoms with Gasteiger partial charge in [0.1, 0.15) is 5.82 Å². The number of carbonyl (C=O) groups is 1. The van der Waals surface area contributed by atoms with Gasteiger partial charge in [0.05, 0.1) is 5.56 Å². The van der Waals surface area contributed by atoms with E-state index in [1.807, 2.05) is 24.3 Å². The second-order valence-electron chi connectivity index (χ2n) is 4.86. The normalized spacial score (nSPS) is 14.6. The Balaban J connectivity index is 2.21. The summed E-state index contributed by atoms with van der Waals surface area (Å²) >= 11 is 0. The molecule has 0 unspecified atom stereocenters. The third-order valence-electron chi connectivity index (χ3n) is 3.60. The highest BCUT2D eigenvalue weighted by atomic mass is 16.4.